The monoisotopic (exact) mass is 360 g/mol. The van der Waals surface area contributed by atoms with Crippen molar-refractivity contribution in [3.05, 3.63) is 63.4 Å². The van der Waals surface area contributed by atoms with Gasteiger partial charge in [-0.3, -0.25) is 4.79 Å². The number of carbonyl (C=O) groups is 1. The number of hydrogen-bond acceptors (Lipinski definition) is 3. The van der Waals surface area contributed by atoms with Gasteiger partial charge >= 0.3 is 0 Å². The second-order valence-electron chi connectivity index (χ2n) is 4.65. The van der Waals surface area contributed by atoms with Crippen LogP contribution in [0.3, 0.4) is 0 Å². The van der Waals surface area contributed by atoms with E-state index in [1.54, 1.807) is 0 Å². The van der Waals surface area contributed by atoms with Crippen LogP contribution in [0.4, 0.5) is 5.69 Å². The van der Waals surface area contributed by atoms with E-state index in [0.29, 0.717) is 17.1 Å². The summed E-state index contributed by atoms with van der Waals surface area (Å²) in [7, 11) is 0. The minimum absolute atomic E-state index is 0.131. The van der Waals surface area contributed by atoms with Crippen molar-refractivity contribution in [2.45, 2.75) is 6.54 Å². The maximum absolute atomic E-state index is 12.3. The van der Waals surface area contributed by atoms with Crippen molar-refractivity contribution in [1.29, 1.82) is 0 Å². The summed E-state index contributed by atoms with van der Waals surface area (Å²) in [5.74, 6) is -0.131. The molecule has 1 amide bonds. The lowest BCUT2D eigenvalue weighted by molar-refractivity contribution is 0.0956. The van der Waals surface area contributed by atoms with Crippen molar-refractivity contribution in [3.63, 3.8) is 0 Å². The lowest BCUT2D eigenvalue weighted by atomic mass is 10.2. The maximum atomic E-state index is 12.3. The van der Waals surface area contributed by atoms with Crippen molar-refractivity contribution in [2.75, 3.05) is 5.73 Å². The Morgan fingerprint density at radius 1 is 1.19 bits per heavy atom. The average Bonchev–Trinajstić information content (AvgIpc) is 2.83. The van der Waals surface area contributed by atoms with E-state index in [1.165, 1.54) is 11.3 Å². The van der Waals surface area contributed by atoms with Gasteiger partial charge in [0.2, 0.25) is 0 Å². The fourth-order valence-corrected chi connectivity index (χ4v) is 3.63. The van der Waals surface area contributed by atoms with E-state index in [4.69, 9.17) is 5.73 Å². The Morgan fingerprint density at radius 3 is 2.76 bits per heavy atom. The molecule has 1 heterocycles. The van der Waals surface area contributed by atoms with Crippen molar-refractivity contribution in [1.82, 2.24) is 5.32 Å². The van der Waals surface area contributed by atoms with Crippen LogP contribution in [0.2, 0.25) is 0 Å². The van der Waals surface area contributed by atoms with Gasteiger partial charge in [-0.2, -0.15) is 0 Å². The number of nitrogens with one attached hydrogen (secondary N) is 1. The predicted molar refractivity (Wildman–Crippen MR) is 91.5 cm³/mol. The summed E-state index contributed by atoms with van der Waals surface area (Å²) in [5.41, 5.74) is 7.67. The number of halogens is 1. The quantitative estimate of drug-likeness (QED) is 0.736. The number of hydrogen-bond donors (Lipinski definition) is 2. The first-order valence-corrected chi connectivity index (χ1v) is 8.06. The van der Waals surface area contributed by atoms with Gasteiger partial charge in [0.15, 0.2) is 0 Å². The summed E-state index contributed by atoms with van der Waals surface area (Å²) in [6.45, 7) is 0.478. The first-order chi connectivity index (χ1) is 10.1. The lowest BCUT2D eigenvalue weighted by Crippen LogP contribution is -2.22. The third-order valence-corrected chi connectivity index (χ3v) is 4.86. The van der Waals surface area contributed by atoms with Crippen LogP contribution in [-0.4, -0.2) is 5.91 Å². The van der Waals surface area contributed by atoms with Gasteiger partial charge < -0.3 is 11.1 Å². The molecular formula is C16H13BrN2OS. The topological polar surface area (TPSA) is 55.1 Å². The molecule has 3 nitrogen and oxygen atoms in total. The Balaban J connectivity index is 1.79. The minimum Gasteiger partial charge on any atom is -0.397 e. The molecule has 0 atom stereocenters. The molecule has 3 aromatic rings. The molecule has 106 valence electrons. The first-order valence-electron chi connectivity index (χ1n) is 6.45. The van der Waals surface area contributed by atoms with Gasteiger partial charge in [-0.1, -0.05) is 46.3 Å². The molecule has 0 saturated heterocycles. The number of anilines is 1. The summed E-state index contributed by atoms with van der Waals surface area (Å²) in [6.07, 6.45) is 0. The Labute approximate surface area is 134 Å². The van der Waals surface area contributed by atoms with Gasteiger partial charge in [0, 0.05) is 21.1 Å². The van der Waals surface area contributed by atoms with Crippen molar-refractivity contribution >= 4 is 48.9 Å². The molecule has 0 spiro atoms. The van der Waals surface area contributed by atoms with Crippen molar-refractivity contribution < 1.29 is 4.79 Å². The largest absolute Gasteiger partial charge is 0.397 e. The molecule has 0 bridgehead atoms. The normalized spacial score (nSPS) is 10.7. The summed E-state index contributed by atoms with van der Waals surface area (Å²) < 4.78 is 2.03. The molecule has 0 radical (unpaired) electrons. The van der Waals surface area contributed by atoms with Gasteiger partial charge in [0.25, 0.3) is 5.91 Å². The van der Waals surface area contributed by atoms with Crippen LogP contribution >= 0.6 is 27.3 Å². The SMILES string of the molecule is Nc1c(C(=O)NCc2cccc(Br)c2)sc2ccccc12. The van der Waals surface area contributed by atoms with Crippen molar-refractivity contribution in [3.8, 4) is 0 Å². The predicted octanol–water partition coefficient (Wildman–Crippen LogP) is 4.18. The van der Waals surface area contributed by atoms with Crippen molar-refractivity contribution in [2.24, 2.45) is 0 Å². The highest BCUT2D eigenvalue weighted by molar-refractivity contribution is 9.10. The molecule has 3 N–H and O–H groups in total. The zero-order chi connectivity index (χ0) is 14.8. The zero-order valence-corrected chi connectivity index (χ0v) is 13.5. The van der Waals surface area contributed by atoms with Crippen LogP contribution in [0.1, 0.15) is 15.2 Å². The van der Waals surface area contributed by atoms with E-state index in [9.17, 15) is 4.79 Å². The highest BCUT2D eigenvalue weighted by Crippen LogP contribution is 2.33. The molecular weight excluding hydrogens is 348 g/mol. The van der Waals surface area contributed by atoms with Crippen LogP contribution in [0.15, 0.2) is 53.0 Å². The molecule has 2 aromatic carbocycles. The van der Waals surface area contributed by atoms with Crippen LogP contribution in [0.5, 0.6) is 0 Å². The fraction of sp³-hybridized carbons (Fsp3) is 0.0625. The van der Waals surface area contributed by atoms with Gasteiger partial charge in [-0.15, -0.1) is 11.3 Å². The molecule has 5 heteroatoms. The molecule has 21 heavy (non-hydrogen) atoms. The molecule has 0 fully saturated rings. The second-order valence-corrected chi connectivity index (χ2v) is 6.62. The van der Waals surface area contributed by atoms with E-state index in [1.807, 2.05) is 48.5 Å². The Hall–Kier alpha value is -1.85. The number of nitrogens with two attached hydrogens (primary N) is 1. The van der Waals surface area contributed by atoms with E-state index in [2.05, 4.69) is 21.2 Å². The molecule has 0 unspecified atom stereocenters. The van der Waals surface area contributed by atoms with Gasteiger partial charge in [0.05, 0.1) is 5.69 Å². The number of fused-ring (bicyclic) bond motifs is 1. The highest BCUT2D eigenvalue weighted by Gasteiger charge is 2.15. The van der Waals surface area contributed by atoms with E-state index < -0.39 is 0 Å². The standard InChI is InChI=1S/C16H13BrN2OS/c17-11-5-3-4-10(8-11)9-19-16(20)15-14(18)12-6-1-2-7-13(12)21-15/h1-8H,9,18H2,(H,19,20). The number of nitrogen functional groups attached to an aromatic ring is 1. The average molecular weight is 361 g/mol. The van der Waals surface area contributed by atoms with E-state index >= 15 is 0 Å². The Morgan fingerprint density at radius 2 is 2.00 bits per heavy atom. The van der Waals surface area contributed by atoms with Crippen LogP contribution in [-0.2, 0) is 6.54 Å². The van der Waals surface area contributed by atoms with Crippen LogP contribution < -0.4 is 11.1 Å². The third-order valence-electron chi connectivity index (χ3n) is 3.18. The smallest absolute Gasteiger partial charge is 0.263 e. The van der Waals surface area contributed by atoms with Crippen LogP contribution in [0.25, 0.3) is 10.1 Å². The number of amides is 1. The molecule has 0 aliphatic rings. The summed E-state index contributed by atoms with van der Waals surface area (Å²) in [4.78, 5) is 12.9. The first kappa shape index (κ1) is 14.1. The van der Waals surface area contributed by atoms with Gasteiger partial charge in [0.1, 0.15) is 4.88 Å². The second kappa shape index (κ2) is 5.87. The Bertz CT molecular complexity index is 813. The minimum atomic E-state index is -0.131. The van der Waals surface area contributed by atoms with E-state index in [0.717, 1.165) is 20.1 Å². The molecule has 3 rings (SSSR count). The lowest BCUT2D eigenvalue weighted by Gasteiger charge is -2.05. The number of carbonyl (C=O) groups excluding carboxylic acids is 1. The molecule has 1 aromatic heterocycles. The van der Waals surface area contributed by atoms with Gasteiger partial charge in [-0.05, 0) is 23.8 Å². The highest BCUT2D eigenvalue weighted by atomic mass is 79.9. The number of benzene rings is 2. The number of thiophene rings is 1. The zero-order valence-electron chi connectivity index (χ0n) is 11.1. The summed E-state index contributed by atoms with van der Waals surface area (Å²) >= 11 is 4.84. The summed E-state index contributed by atoms with van der Waals surface area (Å²) in [5, 5.41) is 3.85. The molecule has 0 aliphatic carbocycles. The maximum Gasteiger partial charge on any atom is 0.263 e. The fourth-order valence-electron chi connectivity index (χ4n) is 2.14. The molecule has 0 aliphatic heterocycles. The Kier molecular flexibility index (Phi) is 3.94. The molecule has 0 saturated carbocycles. The summed E-state index contributed by atoms with van der Waals surface area (Å²) in [6, 6.07) is 15.6. The number of rotatable bonds is 3. The third kappa shape index (κ3) is 2.94. The van der Waals surface area contributed by atoms with Gasteiger partial charge in [-0.25, -0.2) is 0 Å². The van der Waals surface area contributed by atoms with E-state index in [-0.39, 0.29) is 5.91 Å². The van der Waals surface area contributed by atoms with Crippen LogP contribution in [0, 0.1) is 0 Å².